The van der Waals surface area contributed by atoms with Crippen LogP contribution < -0.4 is 5.84 Å². The predicted molar refractivity (Wildman–Crippen MR) is 82.6 cm³/mol. The molecule has 2 bridgehead atoms. The minimum absolute atomic E-state index is 0.173. The molecule has 4 N–H and O–H groups in total. The number of carboxylic acid groups (broad SMARTS) is 1. The number of carboxylic acids is 1. The molecule has 2 aliphatic heterocycles. The van der Waals surface area contributed by atoms with Gasteiger partial charge in [0.1, 0.15) is 5.92 Å². The largest absolute Gasteiger partial charge is 0.481 e. The molecule has 8 nitrogen and oxygen atoms in total. The molecule has 0 aromatic heterocycles. The number of rotatable bonds is 2. The van der Waals surface area contributed by atoms with E-state index in [1.54, 1.807) is 30.3 Å². The van der Waals surface area contributed by atoms with Gasteiger partial charge in [-0.05, 0) is 31.4 Å². The van der Waals surface area contributed by atoms with Crippen molar-refractivity contribution in [3.8, 4) is 0 Å². The molecule has 3 amide bonds. The van der Waals surface area contributed by atoms with E-state index in [0.717, 1.165) is 0 Å². The number of fused-ring (bicyclic) bond motifs is 2. The number of aliphatic hydroxyl groups excluding tert-OH is 1. The number of aliphatic hydroxyl groups is 1. The highest BCUT2D eigenvalue weighted by atomic mass is 16.4. The molecule has 2 heterocycles. The van der Waals surface area contributed by atoms with Gasteiger partial charge in [0.2, 0.25) is 0 Å². The number of hydrogen-bond acceptors (Lipinski definition) is 5. The van der Waals surface area contributed by atoms with Gasteiger partial charge in [-0.2, -0.15) is 5.01 Å². The SMILES string of the molecule is NN(C(=O)c1ccccc1)C(=O)N1[C@H]2CC[C@@H]1[C@@H](C(=O)O)[C@@H](O)C2. The Labute approximate surface area is 138 Å². The number of carbonyl (C=O) groups excluding carboxylic acids is 2. The zero-order valence-corrected chi connectivity index (χ0v) is 12.9. The third-order valence-corrected chi connectivity index (χ3v) is 4.84. The Balaban J connectivity index is 1.82. The van der Waals surface area contributed by atoms with E-state index in [4.69, 9.17) is 5.84 Å². The number of hydrogen-bond donors (Lipinski definition) is 3. The molecule has 4 atom stereocenters. The van der Waals surface area contributed by atoms with Gasteiger partial charge in [-0.3, -0.25) is 9.59 Å². The van der Waals surface area contributed by atoms with E-state index in [0.29, 0.717) is 17.9 Å². The van der Waals surface area contributed by atoms with Crippen molar-refractivity contribution in [1.29, 1.82) is 0 Å². The Morgan fingerprint density at radius 1 is 1.17 bits per heavy atom. The second-order valence-electron chi connectivity index (χ2n) is 6.20. The van der Waals surface area contributed by atoms with Gasteiger partial charge in [0.05, 0.1) is 6.10 Å². The molecule has 2 aliphatic rings. The number of nitrogens with zero attached hydrogens (tertiary/aromatic N) is 2. The third kappa shape index (κ3) is 2.63. The van der Waals surface area contributed by atoms with Crippen LogP contribution in [-0.4, -0.2) is 56.2 Å². The summed E-state index contributed by atoms with van der Waals surface area (Å²) < 4.78 is 0. The van der Waals surface area contributed by atoms with E-state index >= 15 is 0 Å². The molecule has 0 unspecified atom stereocenters. The lowest BCUT2D eigenvalue weighted by Crippen LogP contribution is -2.60. The molecular weight excluding hydrogens is 314 g/mol. The van der Waals surface area contributed by atoms with Crippen LogP contribution >= 0.6 is 0 Å². The molecule has 24 heavy (non-hydrogen) atoms. The van der Waals surface area contributed by atoms with Gasteiger partial charge in [-0.15, -0.1) is 0 Å². The van der Waals surface area contributed by atoms with Gasteiger partial charge in [-0.1, -0.05) is 18.2 Å². The molecule has 1 aromatic rings. The normalized spacial score (nSPS) is 28.5. The topological polar surface area (TPSA) is 124 Å². The predicted octanol–water partition coefficient (Wildman–Crippen LogP) is 0.421. The molecule has 2 saturated heterocycles. The quantitative estimate of drug-likeness (QED) is 0.409. The van der Waals surface area contributed by atoms with Crippen molar-refractivity contribution in [2.75, 3.05) is 0 Å². The molecule has 0 saturated carbocycles. The van der Waals surface area contributed by atoms with Crippen LogP contribution in [0.4, 0.5) is 4.79 Å². The second-order valence-corrected chi connectivity index (χ2v) is 6.20. The first kappa shape index (κ1) is 16.4. The highest BCUT2D eigenvalue weighted by molar-refractivity contribution is 6.03. The van der Waals surface area contributed by atoms with Crippen LogP contribution in [0, 0.1) is 5.92 Å². The molecule has 2 fully saturated rings. The number of nitrogens with two attached hydrogens (primary N) is 1. The van der Waals surface area contributed by atoms with Crippen molar-refractivity contribution in [2.24, 2.45) is 11.8 Å². The van der Waals surface area contributed by atoms with Crippen molar-refractivity contribution < 1.29 is 24.6 Å². The van der Waals surface area contributed by atoms with E-state index in [9.17, 15) is 24.6 Å². The van der Waals surface area contributed by atoms with E-state index in [2.05, 4.69) is 0 Å². The van der Waals surface area contributed by atoms with E-state index in [1.165, 1.54) is 4.90 Å². The summed E-state index contributed by atoms with van der Waals surface area (Å²) in [5.74, 6) is 2.85. The third-order valence-electron chi connectivity index (χ3n) is 4.84. The summed E-state index contributed by atoms with van der Waals surface area (Å²) in [4.78, 5) is 37.8. The van der Waals surface area contributed by atoms with Crippen LogP contribution in [-0.2, 0) is 4.79 Å². The van der Waals surface area contributed by atoms with Crippen LogP contribution in [0.2, 0.25) is 0 Å². The summed E-state index contributed by atoms with van der Waals surface area (Å²) in [6.07, 6.45) is 0.231. The Morgan fingerprint density at radius 2 is 1.83 bits per heavy atom. The minimum atomic E-state index is -1.15. The van der Waals surface area contributed by atoms with Crippen molar-refractivity contribution in [1.82, 2.24) is 9.91 Å². The minimum Gasteiger partial charge on any atom is -0.481 e. The number of amides is 3. The molecule has 0 aliphatic carbocycles. The summed E-state index contributed by atoms with van der Waals surface area (Å²) in [7, 11) is 0. The standard InChI is InChI=1S/C16H19N3O5/c17-19(14(21)9-4-2-1-3-5-9)16(24)18-10-6-7-11(18)13(15(22)23)12(20)8-10/h1-5,10-13,20H,6-8,17H2,(H,22,23)/t10-,11+,12-,13+/m0/s1. The number of piperidine rings is 1. The Hall–Kier alpha value is -2.45. The van der Waals surface area contributed by atoms with E-state index in [-0.39, 0.29) is 18.0 Å². The lowest BCUT2D eigenvalue weighted by atomic mass is 9.87. The van der Waals surface area contributed by atoms with Gasteiger partial charge in [0.15, 0.2) is 0 Å². The maximum Gasteiger partial charge on any atom is 0.342 e. The smallest absolute Gasteiger partial charge is 0.342 e. The van der Waals surface area contributed by atoms with Crippen molar-refractivity contribution >= 4 is 17.9 Å². The molecule has 8 heteroatoms. The fourth-order valence-corrected chi connectivity index (χ4v) is 3.74. The first-order valence-electron chi connectivity index (χ1n) is 7.79. The zero-order chi connectivity index (χ0) is 17.4. The molecule has 0 radical (unpaired) electrons. The number of urea groups is 1. The van der Waals surface area contributed by atoms with Crippen molar-refractivity contribution in [3.05, 3.63) is 35.9 Å². The van der Waals surface area contributed by atoms with Gasteiger partial charge in [-0.25, -0.2) is 10.6 Å². The maximum atomic E-state index is 12.7. The molecule has 0 spiro atoms. The Bertz CT molecular complexity index is 665. The van der Waals surface area contributed by atoms with Gasteiger partial charge < -0.3 is 15.1 Å². The Kier molecular flexibility index (Phi) is 4.25. The number of aliphatic carboxylic acids is 1. The average Bonchev–Trinajstić information content (AvgIpc) is 2.88. The van der Waals surface area contributed by atoms with Gasteiger partial charge in [0.25, 0.3) is 5.91 Å². The van der Waals surface area contributed by atoms with Gasteiger partial charge in [0, 0.05) is 17.6 Å². The monoisotopic (exact) mass is 333 g/mol. The number of benzene rings is 1. The van der Waals surface area contributed by atoms with Crippen molar-refractivity contribution in [2.45, 2.75) is 37.5 Å². The fourth-order valence-electron chi connectivity index (χ4n) is 3.74. The summed E-state index contributed by atoms with van der Waals surface area (Å²) in [6.45, 7) is 0. The first-order chi connectivity index (χ1) is 11.4. The van der Waals surface area contributed by atoms with Crippen LogP contribution in [0.1, 0.15) is 29.6 Å². The van der Waals surface area contributed by atoms with Crippen LogP contribution in [0.15, 0.2) is 30.3 Å². The number of hydrazine groups is 1. The Morgan fingerprint density at radius 3 is 2.46 bits per heavy atom. The summed E-state index contributed by atoms with van der Waals surface area (Å²) in [5, 5.41) is 19.9. The highest BCUT2D eigenvalue weighted by Gasteiger charge is 2.52. The molecular formula is C16H19N3O5. The maximum absolute atomic E-state index is 12.7. The summed E-state index contributed by atoms with van der Waals surface area (Å²) in [5.41, 5.74) is 0.271. The molecule has 128 valence electrons. The highest BCUT2D eigenvalue weighted by Crippen LogP contribution is 2.40. The second kappa shape index (κ2) is 6.21. The fraction of sp³-hybridized carbons (Fsp3) is 0.438. The summed E-state index contributed by atoms with van der Waals surface area (Å²) in [6, 6.07) is 6.47. The lowest BCUT2D eigenvalue weighted by Gasteiger charge is -2.41. The zero-order valence-electron chi connectivity index (χ0n) is 12.9. The summed E-state index contributed by atoms with van der Waals surface area (Å²) >= 11 is 0. The van der Waals surface area contributed by atoms with Crippen LogP contribution in [0.5, 0.6) is 0 Å². The number of imide groups is 1. The van der Waals surface area contributed by atoms with E-state index in [1.807, 2.05) is 0 Å². The van der Waals surface area contributed by atoms with Gasteiger partial charge >= 0.3 is 12.0 Å². The van der Waals surface area contributed by atoms with Crippen molar-refractivity contribution in [3.63, 3.8) is 0 Å². The number of carbonyl (C=O) groups is 3. The first-order valence-corrected chi connectivity index (χ1v) is 7.79. The molecule has 3 rings (SSSR count). The molecule has 1 aromatic carbocycles. The van der Waals surface area contributed by atoms with E-state index < -0.39 is 36.0 Å². The van der Waals surface area contributed by atoms with Crippen LogP contribution in [0.3, 0.4) is 0 Å². The van der Waals surface area contributed by atoms with Crippen LogP contribution in [0.25, 0.3) is 0 Å². The average molecular weight is 333 g/mol. The lowest BCUT2D eigenvalue weighted by molar-refractivity contribution is -0.151.